The van der Waals surface area contributed by atoms with Crippen LogP contribution in [0.1, 0.15) is 32.4 Å². The Morgan fingerprint density at radius 1 is 1.24 bits per heavy atom. The molecule has 2 heterocycles. The molecular formula is C20H27N3O2. The lowest BCUT2D eigenvalue weighted by molar-refractivity contribution is -0.0277. The summed E-state index contributed by atoms with van der Waals surface area (Å²) in [5, 5.41) is 3.53. The Kier molecular flexibility index (Phi) is 5.13. The summed E-state index contributed by atoms with van der Waals surface area (Å²) in [4.78, 5) is 6.42. The highest BCUT2D eigenvalue weighted by Crippen LogP contribution is 2.33. The van der Waals surface area contributed by atoms with Crippen molar-refractivity contribution in [2.75, 3.05) is 37.0 Å². The summed E-state index contributed by atoms with van der Waals surface area (Å²) >= 11 is 0. The first-order valence-electron chi connectivity index (χ1n) is 8.72. The van der Waals surface area contributed by atoms with Crippen LogP contribution in [-0.2, 0) is 4.74 Å². The van der Waals surface area contributed by atoms with E-state index in [1.165, 1.54) is 5.56 Å². The number of pyridine rings is 1. The average Bonchev–Trinajstić information content (AvgIpc) is 2.62. The van der Waals surface area contributed by atoms with Crippen molar-refractivity contribution >= 4 is 11.4 Å². The molecule has 0 radical (unpaired) electrons. The SMILES string of the molecule is COc1cc(N2CCOC(C)(C)C2)ccc1N[C@H](C)c1ccncc1. The number of hydrogen-bond donors (Lipinski definition) is 1. The minimum Gasteiger partial charge on any atom is -0.495 e. The Morgan fingerprint density at radius 2 is 2.00 bits per heavy atom. The van der Waals surface area contributed by atoms with E-state index in [-0.39, 0.29) is 11.6 Å². The van der Waals surface area contributed by atoms with E-state index in [1.54, 1.807) is 7.11 Å². The normalized spacial score (nSPS) is 17.8. The van der Waals surface area contributed by atoms with Gasteiger partial charge in [-0.05, 0) is 50.6 Å². The van der Waals surface area contributed by atoms with Gasteiger partial charge in [-0.15, -0.1) is 0 Å². The lowest BCUT2D eigenvalue weighted by Crippen LogP contribution is -2.48. The quantitative estimate of drug-likeness (QED) is 0.894. The van der Waals surface area contributed by atoms with E-state index in [9.17, 15) is 0 Å². The van der Waals surface area contributed by atoms with Crippen LogP contribution in [0.15, 0.2) is 42.7 Å². The second-order valence-electron chi connectivity index (χ2n) is 7.06. The van der Waals surface area contributed by atoms with Crippen LogP contribution in [0.3, 0.4) is 0 Å². The number of rotatable bonds is 5. The monoisotopic (exact) mass is 341 g/mol. The van der Waals surface area contributed by atoms with Gasteiger partial charge in [0, 0.05) is 43.3 Å². The number of morpholine rings is 1. The van der Waals surface area contributed by atoms with Gasteiger partial charge in [0.25, 0.3) is 0 Å². The molecule has 5 heteroatoms. The van der Waals surface area contributed by atoms with Crippen molar-refractivity contribution in [2.45, 2.75) is 32.4 Å². The maximum absolute atomic E-state index is 5.81. The molecule has 0 aliphatic carbocycles. The minimum absolute atomic E-state index is 0.127. The van der Waals surface area contributed by atoms with Crippen molar-refractivity contribution in [3.05, 3.63) is 48.3 Å². The van der Waals surface area contributed by atoms with Gasteiger partial charge < -0.3 is 19.7 Å². The first kappa shape index (κ1) is 17.5. The molecule has 0 bridgehead atoms. The Balaban J connectivity index is 1.78. The topological polar surface area (TPSA) is 46.6 Å². The summed E-state index contributed by atoms with van der Waals surface area (Å²) < 4.78 is 11.4. The van der Waals surface area contributed by atoms with E-state index in [0.717, 1.165) is 36.8 Å². The molecule has 2 aromatic rings. The molecule has 1 aliphatic rings. The van der Waals surface area contributed by atoms with Crippen LogP contribution in [0.2, 0.25) is 0 Å². The van der Waals surface area contributed by atoms with Crippen LogP contribution < -0.4 is 15.0 Å². The van der Waals surface area contributed by atoms with E-state index < -0.39 is 0 Å². The van der Waals surface area contributed by atoms with Gasteiger partial charge in [-0.3, -0.25) is 4.98 Å². The maximum Gasteiger partial charge on any atom is 0.144 e. The standard InChI is InChI=1S/C20H27N3O2/c1-15(16-7-9-21-10-8-16)22-18-6-5-17(13-19(18)24-4)23-11-12-25-20(2,3)14-23/h5-10,13,15,22H,11-12,14H2,1-4H3/t15-/m1/s1. The fourth-order valence-corrected chi connectivity index (χ4v) is 3.20. The molecule has 1 atom stereocenters. The molecule has 1 N–H and O–H groups in total. The van der Waals surface area contributed by atoms with Crippen molar-refractivity contribution in [2.24, 2.45) is 0 Å². The molecule has 1 fully saturated rings. The first-order valence-corrected chi connectivity index (χ1v) is 8.72. The number of nitrogens with one attached hydrogen (secondary N) is 1. The number of benzene rings is 1. The predicted octanol–water partition coefficient (Wildman–Crippen LogP) is 3.88. The Hall–Kier alpha value is -2.27. The molecule has 1 aliphatic heterocycles. The zero-order valence-electron chi connectivity index (χ0n) is 15.5. The fraction of sp³-hybridized carbons (Fsp3) is 0.450. The van der Waals surface area contributed by atoms with E-state index in [4.69, 9.17) is 9.47 Å². The molecule has 134 valence electrons. The van der Waals surface area contributed by atoms with Crippen molar-refractivity contribution in [3.63, 3.8) is 0 Å². The van der Waals surface area contributed by atoms with E-state index in [1.807, 2.05) is 24.5 Å². The van der Waals surface area contributed by atoms with E-state index in [2.05, 4.69) is 54.2 Å². The zero-order chi connectivity index (χ0) is 17.9. The lowest BCUT2D eigenvalue weighted by atomic mass is 10.1. The molecule has 0 spiro atoms. The van der Waals surface area contributed by atoms with Crippen LogP contribution in [0.25, 0.3) is 0 Å². The number of nitrogens with zero attached hydrogens (tertiary/aromatic N) is 2. The summed E-state index contributed by atoms with van der Waals surface area (Å²) in [5.74, 6) is 0.850. The van der Waals surface area contributed by atoms with Gasteiger partial charge in [0.05, 0.1) is 25.0 Å². The molecule has 3 rings (SSSR count). The van der Waals surface area contributed by atoms with Crippen LogP contribution >= 0.6 is 0 Å². The van der Waals surface area contributed by atoms with Crippen LogP contribution in [0.4, 0.5) is 11.4 Å². The number of ether oxygens (including phenoxy) is 2. The highest BCUT2D eigenvalue weighted by Gasteiger charge is 2.27. The predicted molar refractivity (Wildman–Crippen MR) is 102 cm³/mol. The second-order valence-corrected chi connectivity index (χ2v) is 7.06. The number of aromatic nitrogens is 1. The van der Waals surface area contributed by atoms with Gasteiger partial charge in [-0.1, -0.05) is 0 Å². The number of hydrogen-bond acceptors (Lipinski definition) is 5. The maximum atomic E-state index is 5.81. The van der Waals surface area contributed by atoms with Crippen molar-refractivity contribution in [1.82, 2.24) is 4.98 Å². The largest absolute Gasteiger partial charge is 0.495 e. The third-order valence-electron chi connectivity index (χ3n) is 4.55. The van der Waals surface area contributed by atoms with E-state index in [0.29, 0.717) is 0 Å². The van der Waals surface area contributed by atoms with Gasteiger partial charge in [-0.25, -0.2) is 0 Å². The average molecular weight is 341 g/mol. The van der Waals surface area contributed by atoms with Gasteiger partial charge >= 0.3 is 0 Å². The van der Waals surface area contributed by atoms with Crippen molar-refractivity contribution in [1.29, 1.82) is 0 Å². The van der Waals surface area contributed by atoms with Gasteiger partial charge in [-0.2, -0.15) is 0 Å². The summed E-state index contributed by atoms with van der Waals surface area (Å²) in [5.41, 5.74) is 3.22. The van der Waals surface area contributed by atoms with Crippen LogP contribution in [0, 0.1) is 0 Å². The molecule has 5 nitrogen and oxygen atoms in total. The molecule has 0 saturated carbocycles. The molecule has 1 aromatic carbocycles. The minimum atomic E-state index is -0.127. The molecular weight excluding hydrogens is 314 g/mol. The highest BCUT2D eigenvalue weighted by molar-refractivity contribution is 5.65. The molecule has 0 amide bonds. The number of methoxy groups -OCH3 is 1. The third-order valence-corrected chi connectivity index (χ3v) is 4.55. The fourth-order valence-electron chi connectivity index (χ4n) is 3.20. The van der Waals surface area contributed by atoms with Gasteiger partial charge in [0.1, 0.15) is 5.75 Å². The van der Waals surface area contributed by atoms with Crippen molar-refractivity contribution in [3.8, 4) is 5.75 Å². The van der Waals surface area contributed by atoms with Gasteiger partial charge in [0.2, 0.25) is 0 Å². The number of anilines is 2. The Labute approximate surface area is 150 Å². The highest BCUT2D eigenvalue weighted by atomic mass is 16.5. The molecule has 0 unspecified atom stereocenters. The summed E-state index contributed by atoms with van der Waals surface area (Å²) in [7, 11) is 1.71. The molecule has 1 saturated heterocycles. The lowest BCUT2D eigenvalue weighted by Gasteiger charge is -2.39. The summed E-state index contributed by atoms with van der Waals surface area (Å²) in [6.45, 7) is 8.90. The molecule has 1 aromatic heterocycles. The third kappa shape index (κ3) is 4.23. The Bertz CT molecular complexity index is 703. The van der Waals surface area contributed by atoms with E-state index >= 15 is 0 Å². The Morgan fingerprint density at radius 3 is 2.68 bits per heavy atom. The first-order chi connectivity index (χ1) is 12.0. The van der Waals surface area contributed by atoms with Crippen LogP contribution in [0.5, 0.6) is 5.75 Å². The van der Waals surface area contributed by atoms with Crippen molar-refractivity contribution < 1.29 is 9.47 Å². The van der Waals surface area contributed by atoms with Crippen LogP contribution in [-0.4, -0.2) is 37.4 Å². The molecule has 25 heavy (non-hydrogen) atoms. The second kappa shape index (κ2) is 7.31. The summed E-state index contributed by atoms with van der Waals surface area (Å²) in [6.07, 6.45) is 3.63. The summed E-state index contributed by atoms with van der Waals surface area (Å²) in [6, 6.07) is 10.6. The smallest absolute Gasteiger partial charge is 0.144 e. The zero-order valence-corrected chi connectivity index (χ0v) is 15.5. The van der Waals surface area contributed by atoms with Gasteiger partial charge in [0.15, 0.2) is 0 Å².